The Bertz CT molecular complexity index is 654. The Hall–Kier alpha value is -1.22. The molecule has 2 fully saturated rings. The van der Waals surface area contributed by atoms with E-state index in [1.54, 1.807) is 0 Å². The van der Waals surface area contributed by atoms with Crippen LogP contribution in [-0.2, 0) is 10.2 Å². The van der Waals surface area contributed by atoms with Crippen LogP contribution in [0.15, 0.2) is 23.2 Å². The lowest BCUT2D eigenvalue weighted by atomic mass is 9.74. The van der Waals surface area contributed by atoms with Gasteiger partial charge >= 0.3 is 0 Å². The van der Waals surface area contributed by atoms with Gasteiger partial charge in [-0.3, -0.25) is 4.99 Å². The third-order valence-electron chi connectivity index (χ3n) is 5.91. The first kappa shape index (κ1) is 20.5. The SMILES string of the molecule is I.NC(=NCC1(c2ccc3c(c2)OCO3)CCOCC1)N1CCCCCC1. The van der Waals surface area contributed by atoms with Crippen molar-refractivity contribution < 1.29 is 14.2 Å². The summed E-state index contributed by atoms with van der Waals surface area (Å²) in [6.45, 7) is 4.55. The minimum Gasteiger partial charge on any atom is -0.454 e. The third-order valence-corrected chi connectivity index (χ3v) is 5.91. The molecule has 0 bridgehead atoms. The van der Waals surface area contributed by atoms with Crippen LogP contribution < -0.4 is 15.2 Å². The Balaban J connectivity index is 0.00000210. The van der Waals surface area contributed by atoms with Crippen molar-refractivity contribution in [3.63, 3.8) is 0 Å². The summed E-state index contributed by atoms with van der Waals surface area (Å²) >= 11 is 0. The van der Waals surface area contributed by atoms with Crippen LogP contribution in [-0.4, -0.2) is 50.5 Å². The Morgan fingerprint density at radius 3 is 2.48 bits per heavy atom. The molecule has 3 heterocycles. The topological polar surface area (TPSA) is 69.3 Å². The largest absolute Gasteiger partial charge is 0.454 e. The molecule has 4 rings (SSSR count). The molecule has 7 heteroatoms. The quantitative estimate of drug-likeness (QED) is 0.403. The minimum absolute atomic E-state index is 0. The molecule has 6 nitrogen and oxygen atoms in total. The van der Waals surface area contributed by atoms with Gasteiger partial charge in [-0.15, -0.1) is 24.0 Å². The van der Waals surface area contributed by atoms with Crippen LogP contribution in [0.3, 0.4) is 0 Å². The molecular formula is C20H30IN3O3. The fourth-order valence-electron chi connectivity index (χ4n) is 4.16. The molecule has 0 saturated carbocycles. The van der Waals surface area contributed by atoms with Crippen LogP contribution in [0, 0.1) is 0 Å². The normalized spacial score (nSPS) is 22.1. The summed E-state index contributed by atoms with van der Waals surface area (Å²) in [6, 6.07) is 6.28. The molecule has 0 amide bonds. The zero-order valence-corrected chi connectivity index (χ0v) is 18.2. The van der Waals surface area contributed by atoms with Crippen LogP contribution >= 0.6 is 24.0 Å². The van der Waals surface area contributed by atoms with E-state index in [4.69, 9.17) is 24.9 Å². The minimum atomic E-state index is -0.0459. The summed E-state index contributed by atoms with van der Waals surface area (Å²) in [7, 11) is 0. The smallest absolute Gasteiger partial charge is 0.231 e. The molecule has 2 N–H and O–H groups in total. The molecule has 0 aromatic heterocycles. The van der Waals surface area contributed by atoms with Gasteiger partial charge in [0.15, 0.2) is 17.5 Å². The Morgan fingerprint density at radius 2 is 1.74 bits per heavy atom. The summed E-state index contributed by atoms with van der Waals surface area (Å²) < 4.78 is 16.7. The van der Waals surface area contributed by atoms with Gasteiger partial charge in [-0.1, -0.05) is 18.9 Å². The van der Waals surface area contributed by atoms with Crippen molar-refractivity contribution in [3.8, 4) is 11.5 Å². The van der Waals surface area contributed by atoms with E-state index in [-0.39, 0.29) is 29.4 Å². The molecule has 0 radical (unpaired) electrons. The predicted octanol–water partition coefficient (Wildman–Crippen LogP) is 3.27. The van der Waals surface area contributed by atoms with E-state index in [1.165, 1.54) is 31.2 Å². The van der Waals surface area contributed by atoms with E-state index in [2.05, 4.69) is 17.0 Å². The average Bonchev–Trinajstić information content (AvgIpc) is 2.98. The molecule has 1 aromatic rings. The van der Waals surface area contributed by atoms with E-state index in [0.29, 0.717) is 19.3 Å². The first-order chi connectivity index (χ1) is 12.8. The molecule has 2 saturated heterocycles. The third kappa shape index (κ3) is 4.62. The van der Waals surface area contributed by atoms with Gasteiger partial charge < -0.3 is 24.8 Å². The van der Waals surface area contributed by atoms with Crippen LogP contribution in [0.25, 0.3) is 0 Å². The number of likely N-dealkylation sites (tertiary alicyclic amines) is 1. The summed E-state index contributed by atoms with van der Waals surface area (Å²) in [6.07, 6.45) is 6.89. The zero-order valence-electron chi connectivity index (χ0n) is 15.8. The molecule has 3 aliphatic heterocycles. The molecule has 3 aliphatic rings. The van der Waals surface area contributed by atoms with E-state index >= 15 is 0 Å². The maximum Gasteiger partial charge on any atom is 0.231 e. The number of ether oxygens (including phenoxy) is 3. The van der Waals surface area contributed by atoms with E-state index in [9.17, 15) is 0 Å². The second kappa shape index (κ2) is 9.32. The van der Waals surface area contributed by atoms with Crippen LogP contribution in [0.2, 0.25) is 0 Å². The van der Waals surface area contributed by atoms with Gasteiger partial charge in [0.2, 0.25) is 6.79 Å². The molecule has 27 heavy (non-hydrogen) atoms. The second-order valence-electron chi connectivity index (χ2n) is 7.54. The fourth-order valence-corrected chi connectivity index (χ4v) is 4.16. The van der Waals surface area contributed by atoms with Crippen molar-refractivity contribution in [2.24, 2.45) is 10.7 Å². The first-order valence-corrected chi connectivity index (χ1v) is 9.80. The van der Waals surface area contributed by atoms with Crippen molar-refractivity contribution in [2.75, 3.05) is 39.6 Å². The van der Waals surface area contributed by atoms with Crippen molar-refractivity contribution in [2.45, 2.75) is 43.9 Å². The number of nitrogens with two attached hydrogens (primary N) is 1. The van der Waals surface area contributed by atoms with Gasteiger partial charge in [0.25, 0.3) is 0 Å². The van der Waals surface area contributed by atoms with Crippen molar-refractivity contribution >= 4 is 29.9 Å². The number of benzene rings is 1. The number of fused-ring (bicyclic) bond motifs is 1. The Labute approximate surface area is 178 Å². The first-order valence-electron chi connectivity index (χ1n) is 9.80. The maximum atomic E-state index is 6.36. The molecule has 0 atom stereocenters. The monoisotopic (exact) mass is 487 g/mol. The molecule has 0 unspecified atom stereocenters. The number of nitrogens with zero attached hydrogens (tertiary/aromatic N) is 2. The lowest BCUT2D eigenvalue weighted by molar-refractivity contribution is 0.0530. The van der Waals surface area contributed by atoms with E-state index < -0.39 is 0 Å². The highest BCUT2D eigenvalue weighted by Gasteiger charge is 2.35. The lowest BCUT2D eigenvalue weighted by Crippen LogP contribution is -2.41. The van der Waals surface area contributed by atoms with E-state index in [0.717, 1.165) is 50.6 Å². The standard InChI is InChI=1S/C20H29N3O3.HI/c21-19(23-9-3-1-2-4-10-23)22-14-20(7-11-24-12-8-20)16-5-6-17-18(13-16)26-15-25-17;/h5-6,13H,1-4,7-12,14-15H2,(H2,21,22);1H. The Morgan fingerprint density at radius 1 is 1.04 bits per heavy atom. The fraction of sp³-hybridized carbons (Fsp3) is 0.650. The lowest BCUT2D eigenvalue weighted by Gasteiger charge is -2.37. The van der Waals surface area contributed by atoms with Gasteiger partial charge in [-0.05, 0) is 43.4 Å². The summed E-state index contributed by atoms with van der Waals surface area (Å²) in [5.41, 5.74) is 7.56. The van der Waals surface area contributed by atoms with Gasteiger partial charge in [0.05, 0.1) is 6.54 Å². The highest BCUT2D eigenvalue weighted by atomic mass is 127. The number of hydrogen-bond acceptors (Lipinski definition) is 4. The predicted molar refractivity (Wildman–Crippen MR) is 116 cm³/mol. The highest BCUT2D eigenvalue weighted by molar-refractivity contribution is 14.0. The highest BCUT2D eigenvalue weighted by Crippen LogP contribution is 2.41. The zero-order chi connectivity index (χ0) is 17.8. The van der Waals surface area contributed by atoms with Crippen molar-refractivity contribution in [3.05, 3.63) is 23.8 Å². The second-order valence-corrected chi connectivity index (χ2v) is 7.54. The molecule has 1 aromatic carbocycles. The number of halogens is 1. The number of rotatable bonds is 3. The summed E-state index contributed by atoms with van der Waals surface area (Å²) in [4.78, 5) is 7.10. The number of guanidine groups is 1. The molecule has 0 spiro atoms. The van der Waals surface area contributed by atoms with Crippen LogP contribution in [0.1, 0.15) is 44.1 Å². The van der Waals surface area contributed by atoms with Gasteiger partial charge in [-0.25, -0.2) is 0 Å². The van der Waals surface area contributed by atoms with Crippen molar-refractivity contribution in [1.29, 1.82) is 0 Å². The van der Waals surface area contributed by atoms with Gasteiger partial charge in [0.1, 0.15) is 0 Å². The summed E-state index contributed by atoms with van der Waals surface area (Å²) in [5, 5.41) is 0. The Kier molecular flexibility index (Phi) is 7.08. The average molecular weight is 487 g/mol. The summed E-state index contributed by atoms with van der Waals surface area (Å²) in [5.74, 6) is 2.35. The van der Waals surface area contributed by atoms with Crippen LogP contribution in [0.5, 0.6) is 11.5 Å². The van der Waals surface area contributed by atoms with Crippen LogP contribution in [0.4, 0.5) is 0 Å². The van der Waals surface area contributed by atoms with Gasteiger partial charge in [-0.2, -0.15) is 0 Å². The number of hydrogen-bond donors (Lipinski definition) is 1. The van der Waals surface area contributed by atoms with E-state index in [1.807, 2.05) is 6.07 Å². The number of aliphatic imine (C=N–C) groups is 1. The van der Waals surface area contributed by atoms with Gasteiger partial charge in [0, 0.05) is 31.7 Å². The molecular weight excluding hydrogens is 457 g/mol. The molecule has 150 valence electrons. The maximum absolute atomic E-state index is 6.36. The molecule has 0 aliphatic carbocycles. The van der Waals surface area contributed by atoms with Crippen molar-refractivity contribution in [1.82, 2.24) is 4.90 Å².